The molecule has 170 valence electrons. The summed E-state index contributed by atoms with van der Waals surface area (Å²) in [6.45, 7) is 2.52. The van der Waals surface area contributed by atoms with Crippen LogP contribution in [0.15, 0.2) is 67.0 Å². The lowest BCUT2D eigenvalue weighted by atomic mass is 9.92. The molecule has 5 nitrogen and oxygen atoms in total. The van der Waals surface area contributed by atoms with Crippen molar-refractivity contribution in [1.82, 2.24) is 14.7 Å². The summed E-state index contributed by atoms with van der Waals surface area (Å²) in [4.78, 5) is 17.5. The molecule has 0 spiro atoms. The van der Waals surface area contributed by atoms with Crippen molar-refractivity contribution in [3.05, 3.63) is 99.4 Å². The predicted octanol–water partition coefficient (Wildman–Crippen LogP) is 5.84. The van der Waals surface area contributed by atoms with Gasteiger partial charge in [0.15, 0.2) is 0 Å². The molecular weight excluding hydrogens is 457 g/mol. The summed E-state index contributed by atoms with van der Waals surface area (Å²) in [5.74, 6) is 0.520. The maximum atomic E-state index is 13.0. The molecule has 4 aromatic rings. The number of methoxy groups -OCH3 is 1. The number of nitrogens with one attached hydrogen (secondary N) is 1. The minimum atomic E-state index is -0.183. The maximum absolute atomic E-state index is 13.0. The predicted molar refractivity (Wildman–Crippen MR) is 133 cm³/mol. The molecule has 33 heavy (non-hydrogen) atoms. The summed E-state index contributed by atoms with van der Waals surface area (Å²) in [6.07, 6.45) is 4.75. The largest absolute Gasteiger partial charge is 0.497 e. The number of ether oxygens (including phenoxy) is 1. The monoisotopic (exact) mass is 481 g/mol. The third-order valence-corrected chi connectivity index (χ3v) is 6.26. The third-order valence-electron chi connectivity index (χ3n) is 5.67. The van der Waals surface area contributed by atoms with E-state index in [1.54, 1.807) is 19.2 Å². The number of pyridine rings is 1. The number of carbonyl (C=O) groups excluding carboxylic acids is 1. The molecule has 0 radical (unpaired) electrons. The number of rotatable bonds is 8. The van der Waals surface area contributed by atoms with Gasteiger partial charge in [0, 0.05) is 41.3 Å². The van der Waals surface area contributed by atoms with Crippen molar-refractivity contribution in [2.24, 2.45) is 0 Å². The van der Waals surface area contributed by atoms with Crippen LogP contribution in [-0.2, 0) is 11.2 Å². The molecule has 2 aromatic heterocycles. The molecule has 7 heteroatoms. The van der Waals surface area contributed by atoms with Crippen molar-refractivity contribution in [3.63, 3.8) is 0 Å². The highest BCUT2D eigenvalue weighted by molar-refractivity contribution is 6.35. The number of hydrogen-bond acceptors (Lipinski definition) is 3. The number of aryl methyl sites for hydroxylation is 1. The summed E-state index contributed by atoms with van der Waals surface area (Å²) in [6, 6.07) is 17.3. The molecule has 0 saturated heterocycles. The van der Waals surface area contributed by atoms with Crippen LogP contribution in [0.4, 0.5) is 0 Å². The molecule has 0 bridgehead atoms. The van der Waals surface area contributed by atoms with E-state index in [-0.39, 0.29) is 18.2 Å². The molecule has 1 amide bonds. The Morgan fingerprint density at radius 2 is 2.00 bits per heavy atom. The van der Waals surface area contributed by atoms with Crippen LogP contribution in [0.25, 0.3) is 5.65 Å². The molecule has 0 aliphatic carbocycles. The first-order chi connectivity index (χ1) is 15.9. The fourth-order valence-corrected chi connectivity index (χ4v) is 4.43. The third kappa shape index (κ3) is 5.49. The highest BCUT2D eigenvalue weighted by Gasteiger charge is 2.22. The van der Waals surface area contributed by atoms with Crippen LogP contribution in [0.2, 0.25) is 10.0 Å². The van der Waals surface area contributed by atoms with Crippen molar-refractivity contribution >= 4 is 34.8 Å². The van der Waals surface area contributed by atoms with Crippen molar-refractivity contribution in [1.29, 1.82) is 0 Å². The van der Waals surface area contributed by atoms with Gasteiger partial charge in [-0.05, 0) is 66.4 Å². The lowest BCUT2D eigenvalue weighted by molar-refractivity contribution is -0.121. The zero-order chi connectivity index (χ0) is 23.4. The lowest BCUT2D eigenvalue weighted by Crippen LogP contribution is -2.27. The Morgan fingerprint density at radius 3 is 2.79 bits per heavy atom. The van der Waals surface area contributed by atoms with E-state index in [1.165, 1.54) is 0 Å². The molecule has 1 atom stereocenters. The van der Waals surface area contributed by atoms with Crippen LogP contribution in [0.5, 0.6) is 5.75 Å². The Balaban J connectivity index is 1.55. The Hall–Kier alpha value is -3.02. The van der Waals surface area contributed by atoms with Gasteiger partial charge in [0.05, 0.1) is 12.8 Å². The van der Waals surface area contributed by atoms with Crippen LogP contribution in [0.3, 0.4) is 0 Å². The van der Waals surface area contributed by atoms with Crippen LogP contribution >= 0.6 is 23.2 Å². The number of benzene rings is 2. The van der Waals surface area contributed by atoms with Crippen molar-refractivity contribution in [2.45, 2.75) is 25.7 Å². The average Bonchev–Trinajstić information content (AvgIpc) is 3.21. The van der Waals surface area contributed by atoms with E-state index in [4.69, 9.17) is 27.9 Å². The molecule has 1 N–H and O–H groups in total. The maximum Gasteiger partial charge on any atom is 0.221 e. The van der Waals surface area contributed by atoms with Gasteiger partial charge in [-0.3, -0.25) is 4.79 Å². The molecule has 0 aliphatic heterocycles. The van der Waals surface area contributed by atoms with Gasteiger partial charge in [0.25, 0.3) is 0 Å². The highest BCUT2D eigenvalue weighted by Crippen LogP contribution is 2.31. The summed E-state index contributed by atoms with van der Waals surface area (Å²) in [5.41, 5.74) is 4.89. The molecule has 0 fully saturated rings. The van der Waals surface area contributed by atoms with Gasteiger partial charge < -0.3 is 14.5 Å². The molecular formula is C26H25Cl2N3O2. The van der Waals surface area contributed by atoms with Crippen LogP contribution in [-0.4, -0.2) is 28.9 Å². The van der Waals surface area contributed by atoms with Crippen molar-refractivity contribution in [2.75, 3.05) is 13.7 Å². The second-order valence-corrected chi connectivity index (χ2v) is 8.83. The van der Waals surface area contributed by atoms with Gasteiger partial charge in [0.2, 0.25) is 5.91 Å². The summed E-state index contributed by atoms with van der Waals surface area (Å²) >= 11 is 12.2. The first kappa shape index (κ1) is 23.1. The number of carbonyl (C=O) groups is 1. The smallest absolute Gasteiger partial charge is 0.221 e. The molecule has 2 aromatic carbocycles. The highest BCUT2D eigenvalue weighted by atomic mass is 35.5. The SMILES string of the molecule is COc1cccc(C(CC(=O)NCCc2ccc(Cl)cc2Cl)c2cnc3cc(C)ccn23)c1. The standard InChI is InChI=1S/C26H25Cl2N3O2/c1-17-9-11-31-24(16-30-25(31)12-17)22(19-4-3-5-21(13-19)33-2)15-26(32)29-10-8-18-6-7-20(27)14-23(18)28/h3-7,9,11-14,16,22H,8,10,15H2,1-2H3,(H,29,32). The van der Waals surface area contributed by atoms with Gasteiger partial charge in [-0.1, -0.05) is 41.4 Å². The number of hydrogen-bond donors (Lipinski definition) is 1. The van der Waals surface area contributed by atoms with Gasteiger partial charge in [-0.25, -0.2) is 4.98 Å². The zero-order valence-corrected chi connectivity index (χ0v) is 20.0. The second-order valence-electron chi connectivity index (χ2n) is 7.98. The van der Waals surface area contributed by atoms with E-state index >= 15 is 0 Å². The molecule has 0 saturated carbocycles. The number of fused-ring (bicyclic) bond motifs is 1. The van der Waals surface area contributed by atoms with Crippen molar-refractivity contribution < 1.29 is 9.53 Å². The van der Waals surface area contributed by atoms with Crippen LogP contribution in [0.1, 0.15) is 34.7 Å². The van der Waals surface area contributed by atoms with Gasteiger partial charge in [-0.15, -0.1) is 0 Å². The fraction of sp³-hybridized carbons (Fsp3) is 0.231. The zero-order valence-electron chi connectivity index (χ0n) is 18.5. The van der Waals surface area contributed by atoms with Gasteiger partial charge >= 0.3 is 0 Å². The number of amides is 1. The van der Waals surface area contributed by atoms with E-state index in [9.17, 15) is 4.79 Å². The number of nitrogens with zero attached hydrogens (tertiary/aromatic N) is 2. The van der Waals surface area contributed by atoms with E-state index in [2.05, 4.69) is 10.3 Å². The molecule has 2 heterocycles. The van der Waals surface area contributed by atoms with E-state index < -0.39 is 0 Å². The topological polar surface area (TPSA) is 55.6 Å². The lowest BCUT2D eigenvalue weighted by Gasteiger charge is -2.18. The molecule has 0 aliphatic rings. The van der Waals surface area contributed by atoms with Crippen LogP contribution in [0, 0.1) is 6.92 Å². The van der Waals surface area contributed by atoms with E-state index in [0.29, 0.717) is 23.0 Å². The summed E-state index contributed by atoms with van der Waals surface area (Å²) in [5, 5.41) is 4.23. The summed E-state index contributed by atoms with van der Waals surface area (Å²) in [7, 11) is 1.64. The number of aromatic nitrogens is 2. The quantitative estimate of drug-likeness (QED) is 0.343. The minimum absolute atomic E-state index is 0.0463. The Bertz CT molecular complexity index is 1290. The van der Waals surface area contributed by atoms with Crippen LogP contribution < -0.4 is 10.1 Å². The second kappa shape index (κ2) is 10.3. The van der Waals surface area contributed by atoms with Crippen molar-refractivity contribution in [3.8, 4) is 5.75 Å². The Kier molecular flexibility index (Phi) is 7.21. The van der Waals surface area contributed by atoms with Gasteiger partial charge in [0.1, 0.15) is 11.4 Å². The average molecular weight is 482 g/mol. The van der Waals surface area contributed by atoms with E-state index in [1.807, 2.05) is 66.2 Å². The molecule has 1 unspecified atom stereocenters. The van der Waals surface area contributed by atoms with E-state index in [0.717, 1.165) is 33.8 Å². The number of imidazole rings is 1. The first-order valence-corrected chi connectivity index (χ1v) is 11.5. The first-order valence-electron chi connectivity index (χ1n) is 10.7. The fourth-order valence-electron chi connectivity index (χ4n) is 3.93. The Labute approximate surface area is 203 Å². The molecule has 4 rings (SSSR count). The minimum Gasteiger partial charge on any atom is -0.497 e. The van der Waals surface area contributed by atoms with Gasteiger partial charge in [-0.2, -0.15) is 0 Å². The normalized spacial score (nSPS) is 12.0. The number of halogens is 2. The Morgan fingerprint density at radius 1 is 1.15 bits per heavy atom. The summed E-state index contributed by atoms with van der Waals surface area (Å²) < 4.78 is 7.46.